The molecule has 7 heteroatoms. The van der Waals surface area contributed by atoms with Crippen LogP contribution >= 0.6 is 11.6 Å². The average Bonchev–Trinajstić information content (AvgIpc) is 2.22. The Morgan fingerprint density at radius 2 is 2.12 bits per heavy atom. The number of halogens is 2. The highest BCUT2D eigenvalue weighted by atomic mass is 35.5. The average molecular weight is 267 g/mol. The van der Waals surface area contributed by atoms with E-state index >= 15 is 0 Å². The largest absolute Gasteiger partial charge is 0.329 e. The highest BCUT2D eigenvalue weighted by Crippen LogP contribution is 2.23. The van der Waals surface area contributed by atoms with Gasteiger partial charge in [-0.2, -0.15) is 4.31 Å². The van der Waals surface area contributed by atoms with Crippen molar-refractivity contribution in [2.24, 2.45) is 5.73 Å². The summed E-state index contributed by atoms with van der Waals surface area (Å²) in [5.74, 6) is -0.937. The number of nitrogens with zero attached hydrogens (tertiary/aromatic N) is 1. The maximum atomic E-state index is 13.5. The lowest BCUT2D eigenvalue weighted by molar-refractivity contribution is 0.469. The van der Waals surface area contributed by atoms with Crippen molar-refractivity contribution in [3.8, 4) is 0 Å². The molecule has 4 nitrogen and oxygen atoms in total. The van der Waals surface area contributed by atoms with Gasteiger partial charge >= 0.3 is 0 Å². The maximum Gasteiger partial charge on any atom is 0.245 e. The van der Waals surface area contributed by atoms with Crippen LogP contribution in [0.25, 0.3) is 0 Å². The molecule has 16 heavy (non-hydrogen) atoms. The van der Waals surface area contributed by atoms with Gasteiger partial charge in [0.15, 0.2) is 5.82 Å². The summed E-state index contributed by atoms with van der Waals surface area (Å²) >= 11 is 5.52. The topological polar surface area (TPSA) is 63.4 Å². The van der Waals surface area contributed by atoms with Crippen LogP contribution in [0.5, 0.6) is 0 Å². The molecular formula is C9H12ClFN2O2S. The summed E-state index contributed by atoms with van der Waals surface area (Å²) in [4.78, 5) is -0.434. The van der Waals surface area contributed by atoms with Gasteiger partial charge in [0.1, 0.15) is 4.90 Å². The molecule has 1 rings (SSSR count). The fraction of sp³-hybridized carbons (Fsp3) is 0.333. The molecule has 0 amide bonds. The molecular weight excluding hydrogens is 255 g/mol. The summed E-state index contributed by atoms with van der Waals surface area (Å²) in [6.07, 6.45) is 0. The third kappa shape index (κ3) is 2.52. The Hall–Kier alpha value is -0.690. The van der Waals surface area contributed by atoms with E-state index in [1.54, 1.807) is 0 Å². The van der Waals surface area contributed by atoms with Crippen LogP contribution in [0.15, 0.2) is 23.1 Å². The minimum Gasteiger partial charge on any atom is -0.329 e. The molecule has 0 radical (unpaired) electrons. The molecule has 0 aromatic heterocycles. The lowest BCUT2D eigenvalue weighted by Gasteiger charge is -2.16. The zero-order valence-corrected chi connectivity index (χ0v) is 10.2. The zero-order chi connectivity index (χ0) is 12.3. The number of sulfonamides is 1. The summed E-state index contributed by atoms with van der Waals surface area (Å²) in [6, 6.07) is 3.84. The van der Waals surface area contributed by atoms with Crippen LogP contribution in [-0.2, 0) is 10.0 Å². The highest BCUT2D eigenvalue weighted by molar-refractivity contribution is 7.89. The van der Waals surface area contributed by atoms with Crippen LogP contribution in [0.1, 0.15) is 0 Å². The first-order valence-electron chi connectivity index (χ1n) is 4.51. The van der Waals surface area contributed by atoms with E-state index in [0.29, 0.717) is 0 Å². The predicted molar refractivity (Wildman–Crippen MR) is 60.3 cm³/mol. The van der Waals surface area contributed by atoms with E-state index in [1.807, 2.05) is 0 Å². The summed E-state index contributed by atoms with van der Waals surface area (Å²) in [5.41, 5.74) is 5.25. The molecule has 0 atom stereocenters. The SMILES string of the molecule is CN(CCN)S(=O)(=O)c1cccc(Cl)c1F. The van der Waals surface area contributed by atoms with Crippen LogP contribution in [0, 0.1) is 5.82 Å². The van der Waals surface area contributed by atoms with Gasteiger partial charge in [-0.15, -0.1) is 0 Å². The lowest BCUT2D eigenvalue weighted by Crippen LogP contribution is -2.32. The van der Waals surface area contributed by atoms with Crippen molar-refractivity contribution in [2.75, 3.05) is 20.1 Å². The molecule has 0 fully saturated rings. The Balaban J connectivity index is 3.22. The van der Waals surface area contributed by atoms with Gasteiger partial charge < -0.3 is 5.73 Å². The van der Waals surface area contributed by atoms with Crippen molar-refractivity contribution in [3.05, 3.63) is 29.0 Å². The molecule has 0 saturated heterocycles. The maximum absolute atomic E-state index is 13.5. The molecule has 1 aromatic carbocycles. The number of nitrogens with two attached hydrogens (primary N) is 1. The summed E-state index contributed by atoms with van der Waals surface area (Å²) < 4.78 is 38.3. The minimum atomic E-state index is -3.86. The quantitative estimate of drug-likeness (QED) is 0.886. The van der Waals surface area contributed by atoms with Crippen molar-refractivity contribution < 1.29 is 12.8 Å². The van der Waals surface area contributed by atoms with E-state index < -0.39 is 20.7 Å². The van der Waals surface area contributed by atoms with Gasteiger partial charge in [0, 0.05) is 20.1 Å². The van der Waals surface area contributed by atoms with Crippen molar-refractivity contribution >= 4 is 21.6 Å². The fourth-order valence-corrected chi connectivity index (χ4v) is 2.65. The second-order valence-electron chi connectivity index (χ2n) is 3.17. The van der Waals surface area contributed by atoms with Gasteiger partial charge in [-0.05, 0) is 12.1 Å². The third-order valence-corrected chi connectivity index (χ3v) is 4.21. The van der Waals surface area contributed by atoms with E-state index in [4.69, 9.17) is 17.3 Å². The molecule has 0 saturated carbocycles. The van der Waals surface area contributed by atoms with Crippen molar-refractivity contribution in [1.82, 2.24) is 4.31 Å². The first-order valence-corrected chi connectivity index (χ1v) is 6.33. The molecule has 90 valence electrons. The van der Waals surface area contributed by atoms with Crippen molar-refractivity contribution in [3.63, 3.8) is 0 Å². The second-order valence-corrected chi connectivity index (χ2v) is 5.59. The summed E-state index contributed by atoms with van der Waals surface area (Å²) in [7, 11) is -2.52. The summed E-state index contributed by atoms with van der Waals surface area (Å²) in [5, 5.41) is -0.220. The number of hydrogen-bond donors (Lipinski definition) is 1. The van der Waals surface area contributed by atoms with Gasteiger partial charge in [0.25, 0.3) is 0 Å². The Labute approximate surface area is 98.9 Å². The smallest absolute Gasteiger partial charge is 0.245 e. The number of benzene rings is 1. The Kier molecular flexibility index (Phi) is 4.26. The van der Waals surface area contributed by atoms with E-state index in [9.17, 15) is 12.8 Å². The normalized spacial score (nSPS) is 12.1. The second kappa shape index (κ2) is 5.09. The molecule has 0 aliphatic rings. The Bertz CT molecular complexity index is 478. The van der Waals surface area contributed by atoms with E-state index in [-0.39, 0.29) is 18.1 Å². The molecule has 0 aliphatic carbocycles. The van der Waals surface area contributed by atoms with Crippen LogP contribution in [-0.4, -0.2) is 32.9 Å². The molecule has 0 bridgehead atoms. The molecule has 1 aromatic rings. The monoisotopic (exact) mass is 266 g/mol. The zero-order valence-electron chi connectivity index (χ0n) is 8.65. The van der Waals surface area contributed by atoms with Crippen LogP contribution in [0.2, 0.25) is 5.02 Å². The van der Waals surface area contributed by atoms with E-state index in [2.05, 4.69) is 0 Å². The van der Waals surface area contributed by atoms with Gasteiger partial charge in [-0.3, -0.25) is 0 Å². The third-order valence-electron chi connectivity index (χ3n) is 2.05. The predicted octanol–water partition coefficient (Wildman–Crippen LogP) is 1.06. The molecule has 2 N–H and O–H groups in total. The van der Waals surface area contributed by atoms with Crippen LogP contribution in [0.4, 0.5) is 4.39 Å². The number of likely N-dealkylation sites (N-methyl/N-ethyl adjacent to an activating group) is 1. The Morgan fingerprint density at radius 3 is 2.69 bits per heavy atom. The van der Waals surface area contributed by atoms with E-state index in [1.165, 1.54) is 25.2 Å². The van der Waals surface area contributed by atoms with Crippen LogP contribution < -0.4 is 5.73 Å². The Morgan fingerprint density at radius 1 is 1.50 bits per heavy atom. The first-order chi connectivity index (χ1) is 7.41. The first kappa shape index (κ1) is 13.4. The molecule has 0 aliphatic heterocycles. The number of rotatable bonds is 4. The molecule has 0 heterocycles. The lowest BCUT2D eigenvalue weighted by atomic mass is 10.3. The molecule has 0 unspecified atom stereocenters. The standard InChI is InChI=1S/C9H12ClFN2O2S/c1-13(6-5-12)16(14,15)8-4-2-3-7(10)9(8)11/h2-4H,5-6,12H2,1H3. The van der Waals surface area contributed by atoms with E-state index in [0.717, 1.165) is 4.31 Å². The van der Waals surface area contributed by atoms with Crippen molar-refractivity contribution in [1.29, 1.82) is 0 Å². The summed E-state index contributed by atoms with van der Waals surface area (Å²) in [6.45, 7) is 0.284. The molecule has 0 spiro atoms. The van der Waals surface area contributed by atoms with Crippen molar-refractivity contribution in [2.45, 2.75) is 4.90 Å². The van der Waals surface area contributed by atoms with Gasteiger partial charge in [0.05, 0.1) is 5.02 Å². The highest BCUT2D eigenvalue weighted by Gasteiger charge is 2.24. The van der Waals surface area contributed by atoms with Gasteiger partial charge in [0.2, 0.25) is 10.0 Å². The van der Waals surface area contributed by atoms with Crippen LogP contribution in [0.3, 0.4) is 0 Å². The number of hydrogen-bond acceptors (Lipinski definition) is 3. The fourth-order valence-electron chi connectivity index (χ4n) is 1.15. The minimum absolute atomic E-state index is 0.119. The van der Waals surface area contributed by atoms with Gasteiger partial charge in [-0.1, -0.05) is 17.7 Å². The van der Waals surface area contributed by atoms with Gasteiger partial charge in [-0.25, -0.2) is 12.8 Å².